The van der Waals surface area contributed by atoms with Gasteiger partial charge in [-0.25, -0.2) is 15.8 Å². The van der Waals surface area contributed by atoms with E-state index in [4.69, 9.17) is 10.6 Å². The van der Waals surface area contributed by atoms with Gasteiger partial charge in [0.1, 0.15) is 17.9 Å². The quantitative estimate of drug-likeness (QED) is 0.425. The highest BCUT2D eigenvalue weighted by molar-refractivity contribution is 8.00. The van der Waals surface area contributed by atoms with Crippen LogP contribution in [-0.4, -0.2) is 21.5 Å². The molecule has 21 heavy (non-hydrogen) atoms. The minimum Gasteiger partial charge on any atom is -0.497 e. The second-order valence-electron chi connectivity index (χ2n) is 4.19. The van der Waals surface area contributed by atoms with E-state index in [1.54, 1.807) is 25.2 Å². The number of rotatable bonds is 5. The third-order valence-electron chi connectivity index (χ3n) is 2.93. The average molecular weight is 319 g/mol. The number of nitrogens with one attached hydrogen (secondary N) is 1. The number of nitrogen functional groups attached to an aromatic ring is 1. The predicted molar refractivity (Wildman–Crippen MR) is 85.6 cm³/mol. The van der Waals surface area contributed by atoms with Crippen LogP contribution in [-0.2, 0) is 5.75 Å². The Morgan fingerprint density at radius 2 is 2.29 bits per heavy atom. The van der Waals surface area contributed by atoms with Gasteiger partial charge >= 0.3 is 0 Å². The van der Waals surface area contributed by atoms with Gasteiger partial charge in [-0.3, -0.25) is 0 Å². The molecule has 0 fully saturated rings. The maximum Gasteiger partial charge on any atom is 0.170 e. The van der Waals surface area contributed by atoms with Crippen LogP contribution in [0.2, 0.25) is 0 Å². The predicted octanol–water partition coefficient (Wildman–Crippen LogP) is 2.67. The third-order valence-corrected chi connectivity index (χ3v) is 4.78. The van der Waals surface area contributed by atoms with Crippen LogP contribution in [0.3, 0.4) is 0 Å². The Morgan fingerprint density at radius 3 is 3.00 bits per heavy atom. The van der Waals surface area contributed by atoms with Gasteiger partial charge in [0.05, 0.1) is 12.6 Å². The van der Waals surface area contributed by atoms with Crippen LogP contribution in [0, 0.1) is 0 Å². The van der Waals surface area contributed by atoms with Crippen LogP contribution in [0.5, 0.6) is 5.75 Å². The molecule has 2 aromatic heterocycles. The normalized spacial score (nSPS) is 10.8. The second kappa shape index (κ2) is 6.25. The number of nitrogens with zero attached hydrogens (tertiary/aromatic N) is 3. The van der Waals surface area contributed by atoms with Gasteiger partial charge in [-0.15, -0.1) is 0 Å². The second-order valence-corrected chi connectivity index (χ2v) is 6.20. The lowest BCUT2D eigenvalue weighted by Gasteiger charge is -2.10. The number of methoxy groups -OCH3 is 1. The van der Waals surface area contributed by atoms with E-state index in [-0.39, 0.29) is 0 Å². The molecule has 0 saturated carbocycles. The van der Waals surface area contributed by atoms with E-state index in [2.05, 4.69) is 25.8 Å². The van der Waals surface area contributed by atoms with Gasteiger partial charge in [0, 0.05) is 22.8 Å². The molecule has 6 nitrogen and oxygen atoms in total. The van der Waals surface area contributed by atoms with Gasteiger partial charge in [0.15, 0.2) is 4.34 Å². The van der Waals surface area contributed by atoms with Crippen molar-refractivity contribution in [3.8, 4) is 5.75 Å². The molecule has 0 aliphatic heterocycles. The molecule has 0 unspecified atom stereocenters. The van der Waals surface area contributed by atoms with Crippen LogP contribution in [0.15, 0.2) is 34.9 Å². The van der Waals surface area contributed by atoms with Gasteiger partial charge < -0.3 is 10.2 Å². The standard InChI is InChI=1S/C13H13N5OS2/c1-19-10-3-2-8-4-9(6-20-13-15-7-16-21-13)12(18-14)17-11(8)5-10/h2-5,7H,6,14H2,1H3,(H,17,18). The molecule has 0 amide bonds. The van der Waals surface area contributed by atoms with E-state index in [1.807, 2.05) is 18.2 Å². The van der Waals surface area contributed by atoms with Crippen molar-refractivity contribution in [2.24, 2.45) is 5.84 Å². The SMILES string of the molecule is COc1ccc2cc(CSc3ncns3)c(NN)nc2c1. The molecule has 0 atom stereocenters. The van der Waals surface area contributed by atoms with Crippen molar-refractivity contribution in [1.29, 1.82) is 0 Å². The number of aromatic nitrogens is 3. The Morgan fingerprint density at radius 1 is 1.38 bits per heavy atom. The summed E-state index contributed by atoms with van der Waals surface area (Å²) in [6.45, 7) is 0. The summed E-state index contributed by atoms with van der Waals surface area (Å²) in [4.78, 5) is 8.69. The molecule has 3 rings (SSSR count). The molecule has 0 saturated heterocycles. The van der Waals surface area contributed by atoms with Crippen LogP contribution < -0.4 is 16.0 Å². The smallest absolute Gasteiger partial charge is 0.170 e. The van der Waals surface area contributed by atoms with Crippen LogP contribution in [0.4, 0.5) is 5.82 Å². The van der Waals surface area contributed by atoms with E-state index in [1.165, 1.54) is 11.5 Å². The van der Waals surface area contributed by atoms with Gasteiger partial charge in [-0.2, -0.15) is 4.37 Å². The van der Waals surface area contributed by atoms with E-state index in [0.29, 0.717) is 5.82 Å². The molecular weight excluding hydrogens is 306 g/mol. The number of ether oxygens (including phenoxy) is 1. The lowest BCUT2D eigenvalue weighted by Crippen LogP contribution is -2.11. The summed E-state index contributed by atoms with van der Waals surface area (Å²) in [5.74, 6) is 7.74. The molecule has 0 aliphatic rings. The molecule has 0 spiro atoms. The van der Waals surface area contributed by atoms with Crippen molar-refractivity contribution in [3.63, 3.8) is 0 Å². The topological polar surface area (TPSA) is 86.0 Å². The van der Waals surface area contributed by atoms with E-state index in [9.17, 15) is 0 Å². The van der Waals surface area contributed by atoms with Crippen LogP contribution in [0.1, 0.15) is 5.56 Å². The fraction of sp³-hybridized carbons (Fsp3) is 0.154. The van der Waals surface area contributed by atoms with Crippen molar-refractivity contribution in [3.05, 3.63) is 36.2 Å². The van der Waals surface area contributed by atoms with Crippen molar-refractivity contribution < 1.29 is 4.74 Å². The first-order valence-electron chi connectivity index (χ1n) is 6.14. The van der Waals surface area contributed by atoms with Gasteiger partial charge in [0.25, 0.3) is 0 Å². The largest absolute Gasteiger partial charge is 0.497 e. The molecule has 0 radical (unpaired) electrons. The first-order chi connectivity index (χ1) is 10.3. The van der Waals surface area contributed by atoms with E-state index < -0.39 is 0 Å². The van der Waals surface area contributed by atoms with Crippen LogP contribution >= 0.6 is 23.3 Å². The zero-order valence-electron chi connectivity index (χ0n) is 11.2. The minimum absolute atomic E-state index is 0.660. The third kappa shape index (κ3) is 3.07. The average Bonchev–Trinajstić information content (AvgIpc) is 3.04. The molecule has 0 bridgehead atoms. The lowest BCUT2D eigenvalue weighted by molar-refractivity contribution is 0.415. The summed E-state index contributed by atoms with van der Waals surface area (Å²) >= 11 is 2.99. The Bertz CT molecular complexity index is 748. The number of fused-ring (bicyclic) bond motifs is 1. The molecule has 3 N–H and O–H groups in total. The molecule has 1 aromatic carbocycles. The Hall–Kier alpha value is -1.90. The summed E-state index contributed by atoms with van der Waals surface area (Å²) in [7, 11) is 1.64. The Balaban J connectivity index is 1.93. The number of thioether (sulfide) groups is 1. The van der Waals surface area contributed by atoms with Crippen LogP contribution in [0.25, 0.3) is 10.9 Å². The fourth-order valence-corrected chi connectivity index (χ4v) is 3.33. The summed E-state index contributed by atoms with van der Waals surface area (Å²) < 4.78 is 10.1. The zero-order valence-corrected chi connectivity index (χ0v) is 12.9. The molecule has 8 heteroatoms. The maximum atomic E-state index is 5.58. The summed E-state index contributed by atoms with van der Waals surface area (Å²) in [5.41, 5.74) is 4.52. The highest BCUT2D eigenvalue weighted by atomic mass is 32.2. The highest BCUT2D eigenvalue weighted by Crippen LogP contribution is 2.29. The molecule has 2 heterocycles. The Labute approximate surface area is 129 Å². The van der Waals surface area contributed by atoms with Crippen molar-refractivity contribution in [2.75, 3.05) is 12.5 Å². The number of hydrazine groups is 1. The van der Waals surface area contributed by atoms with Gasteiger partial charge in [0.2, 0.25) is 0 Å². The Kier molecular flexibility index (Phi) is 4.18. The monoisotopic (exact) mass is 319 g/mol. The van der Waals surface area contributed by atoms with Gasteiger partial charge in [-0.05, 0) is 29.7 Å². The summed E-state index contributed by atoms with van der Waals surface area (Å²) in [6, 6.07) is 7.87. The summed E-state index contributed by atoms with van der Waals surface area (Å²) in [6.07, 6.45) is 1.56. The molecule has 108 valence electrons. The zero-order chi connectivity index (χ0) is 14.7. The van der Waals surface area contributed by atoms with E-state index >= 15 is 0 Å². The van der Waals surface area contributed by atoms with Crippen molar-refractivity contribution in [2.45, 2.75) is 10.1 Å². The number of nitrogens with two attached hydrogens (primary N) is 1. The summed E-state index contributed by atoms with van der Waals surface area (Å²) in [5, 5.41) is 1.04. The number of hydrogen-bond acceptors (Lipinski definition) is 8. The highest BCUT2D eigenvalue weighted by Gasteiger charge is 2.09. The van der Waals surface area contributed by atoms with E-state index in [0.717, 1.165) is 32.3 Å². The fourth-order valence-electron chi connectivity index (χ4n) is 1.92. The van der Waals surface area contributed by atoms with Gasteiger partial charge in [-0.1, -0.05) is 11.8 Å². The maximum absolute atomic E-state index is 5.58. The first-order valence-corrected chi connectivity index (χ1v) is 7.90. The number of benzene rings is 1. The minimum atomic E-state index is 0.660. The molecule has 3 aromatic rings. The lowest BCUT2D eigenvalue weighted by atomic mass is 10.1. The molecular formula is C13H13N5OS2. The first kappa shape index (κ1) is 14.1. The molecule has 0 aliphatic carbocycles. The van der Waals surface area contributed by atoms with Crippen molar-refractivity contribution >= 4 is 40.0 Å². The number of hydrogen-bond donors (Lipinski definition) is 2. The number of pyridine rings is 1. The number of anilines is 1. The van der Waals surface area contributed by atoms with Crippen molar-refractivity contribution in [1.82, 2.24) is 14.3 Å².